The second-order valence-electron chi connectivity index (χ2n) is 7.92. The molecule has 0 saturated carbocycles. The topological polar surface area (TPSA) is 83.4 Å². The summed E-state index contributed by atoms with van der Waals surface area (Å²) in [5.74, 6) is -1.29. The van der Waals surface area contributed by atoms with E-state index in [0.29, 0.717) is 12.2 Å². The maximum Gasteiger partial charge on any atom is 0.263 e. The van der Waals surface area contributed by atoms with Crippen molar-refractivity contribution >= 4 is 17.5 Å². The highest BCUT2D eigenvalue weighted by Gasteiger charge is 2.18. The SMILES string of the molecule is C[C@@H](CNC(=O)c1cccn(CC(=O)Nc2ccc(F)cc2)c1=O)N1CCCCCC1. The van der Waals surface area contributed by atoms with Gasteiger partial charge in [0.05, 0.1) is 0 Å². The van der Waals surface area contributed by atoms with Gasteiger partial charge in [-0.05, 0) is 69.3 Å². The van der Waals surface area contributed by atoms with Gasteiger partial charge in [0.25, 0.3) is 11.5 Å². The van der Waals surface area contributed by atoms with E-state index in [1.807, 2.05) is 0 Å². The van der Waals surface area contributed by atoms with E-state index in [1.165, 1.54) is 66.8 Å². The summed E-state index contributed by atoms with van der Waals surface area (Å²) in [6.07, 6.45) is 6.29. The van der Waals surface area contributed by atoms with Crippen molar-refractivity contribution < 1.29 is 14.0 Å². The molecule has 7 nitrogen and oxygen atoms in total. The molecule has 0 unspecified atom stereocenters. The van der Waals surface area contributed by atoms with Crippen molar-refractivity contribution in [3.8, 4) is 0 Å². The van der Waals surface area contributed by atoms with Crippen LogP contribution in [0.5, 0.6) is 0 Å². The maximum absolute atomic E-state index is 13.0. The third-order valence-electron chi connectivity index (χ3n) is 5.53. The van der Waals surface area contributed by atoms with Crippen LogP contribution in [0, 0.1) is 5.82 Å². The summed E-state index contributed by atoms with van der Waals surface area (Å²) in [6, 6.07) is 8.56. The van der Waals surface area contributed by atoms with E-state index >= 15 is 0 Å². The molecule has 1 atom stereocenters. The minimum Gasteiger partial charge on any atom is -0.350 e. The first kappa shape index (κ1) is 22.7. The number of carbonyl (C=O) groups is 2. The normalized spacial score (nSPS) is 15.7. The van der Waals surface area contributed by atoms with Crippen LogP contribution in [0.3, 0.4) is 0 Å². The molecule has 1 aromatic heterocycles. The van der Waals surface area contributed by atoms with Crippen molar-refractivity contribution in [2.45, 2.75) is 45.2 Å². The summed E-state index contributed by atoms with van der Waals surface area (Å²) in [7, 11) is 0. The highest BCUT2D eigenvalue weighted by molar-refractivity contribution is 5.94. The van der Waals surface area contributed by atoms with Crippen LogP contribution in [0.4, 0.5) is 10.1 Å². The summed E-state index contributed by atoms with van der Waals surface area (Å²) in [5, 5.41) is 5.46. The zero-order chi connectivity index (χ0) is 22.2. The molecule has 1 aliphatic rings. The molecule has 1 aliphatic heterocycles. The standard InChI is InChI=1S/C23H29FN4O3/c1-17(27-12-4-2-3-5-13-27)15-25-22(30)20-7-6-14-28(23(20)31)16-21(29)26-19-10-8-18(24)9-11-19/h6-11,14,17H,2-5,12-13,15-16H2,1H3,(H,25,30)(H,26,29)/t17-/m0/s1. The van der Waals surface area contributed by atoms with Crippen molar-refractivity contribution in [3.05, 3.63) is 64.3 Å². The number of nitrogens with zero attached hydrogens (tertiary/aromatic N) is 2. The molecule has 2 N–H and O–H groups in total. The van der Waals surface area contributed by atoms with Crippen LogP contribution < -0.4 is 16.2 Å². The van der Waals surface area contributed by atoms with E-state index in [1.54, 1.807) is 6.07 Å². The molecule has 2 aromatic rings. The van der Waals surface area contributed by atoms with Gasteiger partial charge in [0.1, 0.15) is 17.9 Å². The maximum atomic E-state index is 13.0. The van der Waals surface area contributed by atoms with Crippen LogP contribution in [0.15, 0.2) is 47.4 Å². The first-order chi connectivity index (χ1) is 14.9. The molecular weight excluding hydrogens is 399 g/mol. The number of hydrogen-bond acceptors (Lipinski definition) is 4. The summed E-state index contributed by atoms with van der Waals surface area (Å²) < 4.78 is 14.2. The quantitative estimate of drug-likeness (QED) is 0.710. The van der Waals surface area contributed by atoms with Gasteiger partial charge < -0.3 is 15.2 Å². The zero-order valence-corrected chi connectivity index (χ0v) is 17.8. The van der Waals surface area contributed by atoms with Crippen molar-refractivity contribution in [2.75, 3.05) is 25.0 Å². The molecule has 1 fully saturated rings. The minimum absolute atomic E-state index is 0.000138. The second-order valence-corrected chi connectivity index (χ2v) is 7.92. The van der Waals surface area contributed by atoms with Crippen LogP contribution in [0.2, 0.25) is 0 Å². The molecule has 0 spiro atoms. The van der Waals surface area contributed by atoms with E-state index in [2.05, 4.69) is 22.5 Å². The number of anilines is 1. The molecular formula is C23H29FN4O3. The van der Waals surface area contributed by atoms with E-state index in [4.69, 9.17) is 0 Å². The lowest BCUT2D eigenvalue weighted by Crippen LogP contribution is -2.44. The molecule has 166 valence electrons. The number of likely N-dealkylation sites (tertiary alicyclic amines) is 1. The number of carbonyl (C=O) groups excluding carboxylic acids is 2. The Morgan fingerprint density at radius 2 is 1.74 bits per heavy atom. The van der Waals surface area contributed by atoms with E-state index in [0.717, 1.165) is 13.1 Å². The van der Waals surface area contributed by atoms with Gasteiger partial charge in [0, 0.05) is 24.5 Å². The summed E-state index contributed by atoms with van der Waals surface area (Å²) in [4.78, 5) is 39.9. The Morgan fingerprint density at radius 1 is 1.06 bits per heavy atom. The summed E-state index contributed by atoms with van der Waals surface area (Å²) >= 11 is 0. The van der Waals surface area contributed by atoms with E-state index < -0.39 is 23.2 Å². The summed E-state index contributed by atoms with van der Waals surface area (Å²) in [5.41, 5.74) is -0.104. The largest absolute Gasteiger partial charge is 0.350 e. The van der Waals surface area contributed by atoms with Crippen LogP contribution in [0.25, 0.3) is 0 Å². The van der Waals surface area contributed by atoms with Crippen molar-refractivity contribution in [2.24, 2.45) is 0 Å². The van der Waals surface area contributed by atoms with Crippen LogP contribution in [0.1, 0.15) is 43.0 Å². The minimum atomic E-state index is -0.531. The smallest absolute Gasteiger partial charge is 0.263 e. The van der Waals surface area contributed by atoms with Crippen molar-refractivity contribution in [3.63, 3.8) is 0 Å². The number of benzene rings is 1. The number of halogens is 1. The fourth-order valence-electron chi connectivity index (χ4n) is 3.72. The molecule has 31 heavy (non-hydrogen) atoms. The first-order valence-corrected chi connectivity index (χ1v) is 10.7. The Bertz CT molecular complexity index is 950. The number of hydrogen-bond donors (Lipinski definition) is 2. The van der Waals surface area contributed by atoms with Crippen LogP contribution >= 0.6 is 0 Å². The first-order valence-electron chi connectivity index (χ1n) is 10.7. The number of aromatic nitrogens is 1. The lowest BCUT2D eigenvalue weighted by molar-refractivity contribution is -0.116. The monoisotopic (exact) mass is 428 g/mol. The fraction of sp³-hybridized carbons (Fsp3) is 0.435. The Balaban J connectivity index is 1.58. The van der Waals surface area contributed by atoms with Gasteiger partial charge >= 0.3 is 0 Å². The number of rotatable bonds is 7. The lowest BCUT2D eigenvalue weighted by Gasteiger charge is -2.27. The average Bonchev–Trinajstić information content (AvgIpc) is 3.04. The highest BCUT2D eigenvalue weighted by Crippen LogP contribution is 2.12. The Kier molecular flexibility index (Phi) is 7.94. The summed E-state index contributed by atoms with van der Waals surface area (Å²) in [6.45, 7) is 4.34. The predicted octanol–water partition coefficient (Wildman–Crippen LogP) is 2.62. The third kappa shape index (κ3) is 6.49. The van der Waals surface area contributed by atoms with Gasteiger partial charge in [-0.25, -0.2) is 4.39 Å². The fourth-order valence-corrected chi connectivity index (χ4v) is 3.72. The molecule has 2 heterocycles. The van der Waals surface area contributed by atoms with Gasteiger partial charge in [-0.15, -0.1) is 0 Å². The van der Waals surface area contributed by atoms with Gasteiger partial charge in [-0.2, -0.15) is 0 Å². The molecule has 2 amide bonds. The van der Waals surface area contributed by atoms with E-state index in [9.17, 15) is 18.8 Å². The Morgan fingerprint density at radius 3 is 2.42 bits per heavy atom. The average molecular weight is 429 g/mol. The van der Waals surface area contributed by atoms with Gasteiger partial charge in [-0.1, -0.05) is 12.8 Å². The lowest BCUT2D eigenvalue weighted by atomic mass is 10.2. The number of nitrogens with one attached hydrogen (secondary N) is 2. The molecule has 1 saturated heterocycles. The molecule has 1 aromatic carbocycles. The van der Waals surface area contributed by atoms with Crippen LogP contribution in [-0.2, 0) is 11.3 Å². The zero-order valence-electron chi connectivity index (χ0n) is 17.8. The highest BCUT2D eigenvalue weighted by atomic mass is 19.1. The molecule has 0 aliphatic carbocycles. The number of pyridine rings is 1. The van der Waals surface area contributed by atoms with E-state index in [-0.39, 0.29) is 18.2 Å². The van der Waals surface area contributed by atoms with Crippen LogP contribution in [-0.4, -0.2) is 47.0 Å². The Hall–Kier alpha value is -3.00. The molecule has 3 rings (SSSR count). The van der Waals surface area contributed by atoms with Gasteiger partial charge in [0.15, 0.2) is 0 Å². The molecule has 0 radical (unpaired) electrons. The van der Waals surface area contributed by atoms with Crippen molar-refractivity contribution in [1.82, 2.24) is 14.8 Å². The Labute approximate surface area is 181 Å². The molecule has 0 bridgehead atoms. The predicted molar refractivity (Wildman–Crippen MR) is 118 cm³/mol. The second kappa shape index (κ2) is 10.9. The van der Waals surface area contributed by atoms with Crippen molar-refractivity contribution in [1.29, 1.82) is 0 Å². The number of amides is 2. The molecule has 8 heteroatoms. The van der Waals surface area contributed by atoms with Gasteiger partial charge in [-0.3, -0.25) is 19.3 Å². The third-order valence-corrected chi connectivity index (χ3v) is 5.53. The van der Waals surface area contributed by atoms with Gasteiger partial charge in [0.2, 0.25) is 5.91 Å².